The average molecular weight is 456 g/mol. The molecule has 2 fully saturated rings. The van der Waals surface area contributed by atoms with Crippen LogP contribution in [0.1, 0.15) is 29.3 Å². The number of aromatic nitrogens is 3. The Bertz CT molecular complexity index is 1240. The van der Waals surface area contributed by atoms with Crippen LogP contribution in [0.3, 0.4) is 0 Å². The molecule has 5 heterocycles. The Kier molecular flexibility index (Phi) is 4.76. The molecule has 1 N–H and O–H groups in total. The van der Waals surface area contributed by atoms with Gasteiger partial charge in [0.15, 0.2) is 11.5 Å². The highest BCUT2D eigenvalue weighted by Gasteiger charge is 2.43. The van der Waals surface area contributed by atoms with E-state index >= 15 is 0 Å². The van der Waals surface area contributed by atoms with Crippen molar-refractivity contribution in [1.29, 1.82) is 0 Å². The molecule has 4 aromatic rings. The number of halogens is 1. The van der Waals surface area contributed by atoms with Crippen LogP contribution in [-0.4, -0.2) is 56.7 Å². The largest absolute Gasteiger partial charge is 0.492 e. The van der Waals surface area contributed by atoms with Crippen molar-refractivity contribution in [2.45, 2.75) is 24.7 Å². The summed E-state index contributed by atoms with van der Waals surface area (Å²) in [6, 6.07) is 9.72. The van der Waals surface area contributed by atoms with Gasteiger partial charge in [-0.1, -0.05) is 29.5 Å². The summed E-state index contributed by atoms with van der Waals surface area (Å²) < 4.78 is 33.4. The van der Waals surface area contributed by atoms with Gasteiger partial charge >= 0.3 is 0 Å². The molecule has 1 spiro atoms. The van der Waals surface area contributed by atoms with Crippen LogP contribution in [0.25, 0.3) is 16.5 Å². The van der Waals surface area contributed by atoms with E-state index in [1.54, 1.807) is 30.5 Å². The van der Waals surface area contributed by atoms with E-state index in [9.17, 15) is 9.50 Å². The molecule has 0 bridgehead atoms. The zero-order valence-corrected chi connectivity index (χ0v) is 17.9. The Labute approximate surface area is 186 Å². The number of nitrogens with zero attached hydrogens (tertiary/aromatic N) is 4. The van der Waals surface area contributed by atoms with E-state index in [4.69, 9.17) is 13.9 Å². The van der Waals surface area contributed by atoms with Crippen LogP contribution in [0.2, 0.25) is 0 Å². The molecule has 6 rings (SSSR count). The van der Waals surface area contributed by atoms with E-state index in [0.29, 0.717) is 66.1 Å². The third-order valence-corrected chi connectivity index (χ3v) is 7.20. The maximum atomic E-state index is 14.9. The van der Waals surface area contributed by atoms with E-state index in [2.05, 4.69) is 15.0 Å². The van der Waals surface area contributed by atoms with Crippen molar-refractivity contribution in [2.24, 2.45) is 0 Å². The quantitative estimate of drug-likeness (QED) is 0.500. The van der Waals surface area contributed by atoms with Crippen molar-refractivity contribution < 1.29 is 23.4 Å². The molecule has 1 aromatic carbocycles. The highest BCUT2D eigenvalue weighted by Crippen LogP contribution is 2.43. The molecular formula is C22H21FN4O4S. The minimum Gasteiger partial charge on any atom is -0.492 e. The first kappa shape index (κ1) is 19.9. The van der Waals surface area contributed by atoms with Crippen LogP contribution >= 0.6 is 11.3 Å². The Balaban J connectivity index is 1.39. The predicted octanol–water partition coefficient (Wildman–Crippen LogP) is 3.82. The number of thiazole rings is 1. The zero-order valence-electron chi connectivity index (χ0n) is 17.1. The summed E-state index contributed by atoms with van der Waals surface area (Å²) in [6.07, 6.45) is 2.91. The molecule has 0 aliphatic carbocycles. The number of hydrogen-bond acceptors (Lipinski definition) is 8. The fourth-order valence-electron chi connectivity index (χ4n) is 4.55. The SMILES string of the molecule is Oc1c([C@H](c2ccccc2F)N2CCC3(CC2)OCCO3)sc2nc(-c3ccco3)nn12. The molecular weight excluding hydrogens is 435 g/mol. The first-order chi connectivity index (χ1) is 15.6. The number of aromatic hydroxyl groups is 1. The van der Waals surface area contributed by atoms with Crippen LogP contribution in [-0.2, 0) is 9.47 Å². The summed E-state index contributed by atoms with van der Waals surface area (Å²) in [6.45, 7) is 2.49. The minimum atomic E-state index is -0.540. The number of furan rings is 1. The lowest BCUT2D eigenvalue weighted by Gasteiger charge is -2.41. The molecule has 2 saturated heterocycles. The molecule has 0 unspecified atom stereocenters. The molecule has 0 saturated carbocycles. The highest BCUT2D eigenvalue weighted by atomic mass is 32.1. The summed E-state index contributed by atoms with van der Waals surface area (Å²) >= 11 is 1.30. The molecule has 0 radical (unpaired) electrons. The summed E-state index contributed by atoms with van der Waals surface area (Å²) in [4.78, 5) is 7.77. The number of likely N-dealkylation sites (tertiary alicyclic amines) is 1. The molecule has 10 heteroatoms. The molecule has 166 valence electrons. The maximum absolute atomic E-state index is 14.9. The molecule has 32 heavy (non-hydrogen) atoms. The van der Waals surface area contributed by atoms with E-state index in [-0.39, 0.29) is 11.7 Å². The number of fused-ring (bicyclic) bond motifs is 1. The van der Waals surface area contributed by atoms with E-state index < -0.39 is 11.8 Å². The normalized spacial score (nSPS) is 19.8. The van der Waals surface area contributed by atoms with Gasteiger partial charge in [0.2, 0.25) is 16.7 Å². The lowest BCUT2D eigenvalue weighted by atomic mass is 9.97. The third kappa shape index (κ3) is 3.22. The number of ether oxygens (including phenoxy) is 2. The molecule has 2 aliphatic heterocycles. The van der Waals surface area contributed by atoms with Gasteiger partial charge in [0, 0.05) is 31.5 Å². The maximum Gasteiger partial charge on any atom is 0.230 e. The standard InChI is InChI=1S/C22H21FN4O4S/c23-15-5-2-1-4-14(15)17(26-9-7-22(8-10-26)30-12-13-31-22)18-20(28)27-21(32-18)24-19(25-27)16-6-3-11-29-16/h1-6,11,17,28H,7-10,12-13H2/t17-/m0/s1. The van der Waals surface area contributed by atoms with Crippen LogP contribution in [0.15, 0.2) is 47.1 Å². The van der Waals surface area contributed by atoms with Gasteiger partial charge in [-0.3, -0.25) is 4.90 Å². The van der Waals surface area contributed by atoms with Crippen molar-refractivity contribution in [3.8, 4) is 17.5 Å². The number of hydrogen-bond donors (Lipinski definition) is 1. The van der Waals surface area contributed by atoms with Gasteiger partial charge in [-0.25, -0.2) is 4.39 Å². The summed E-state index contributed by atoms with van der Waals surface area (Å²) in [5, 5.41) is 15.5. The fourth-order valence-corrected chi connectivity index (χ4v) is 5.66. The smallest absolute Gasteiger partial charge is 0.230 e. The second-order valence-corrected chi connectivity index (χ2v) is 8.97. The van der Waals surface area contributed by atoms with Gasteiger partial charge in [-0.05, 0) is 18.2 Å². The Hall–Kier alpha value is -2.79. The van der Waals surface area contributed by atoms with E-state index in [0.717, 1.165) is 0 Å². The average Bonchev–Trinajstić information content (AvgIpc) is 3.59. The minimum absolute atomic E-state index is 0.0442. The van der Waals surface area contributed by atoms with Crippen molar-refractivity contribution in [1.82, 2.24) is 19.5 Å². The van der Waals surface area contributed by atoms with Crippen molar-refractivity contribution in [3.05, 3.63) is 58.9 Å². The topological polar surface area (TPSA) is 85.3 Å². The number of rotatable bonds is 4. The second-order valence-electron chi connectivity index (χ2n) is 7.96. The summed E-state index contributed by atoms with van der Waals surface area (Å²) in [5.41, 5.74) is 0.503. The predicted molar refractivity (Wildman–Crippen MR) is 114 cm³/mol. The van der Waals surface area contributed by atoms with E-state index in [1.807, 2.05) is 6.07 Å². The van der Waals surface area contributed by atoms with Crippen molar-refractivity contribution >= 4 is 16.3 Å². The third-order valence-electron chi connectivity index (χ3n) is 6.13. The zero-order chi connectivity index (χ0) is 21.7. The van der Waals surface area contributed by atoms with Crippen LogP contribution in [0.4, 0.5) is 4.39 Å². The lowest BCUT2D eigenvalue weighted by molar-refractivity contribution is -0.187. The van der Waals surface area contributed by atoms with Crippen LogP contribution < -0.4 is 0 Å². The van der Waals surface area contributed by atoms with Gasteiger partial charge in [-0.2, -0.15) is 9.50 Å². The monoisotopic (exact) mass is 456 g/mol. The highest BCUT2D eigenvalue weighted by molar-refractivity contribution is 7.17. The summed E-state index contributed by atoms with van der Waals surface area (Å²) in [7, 11) is 0. The fraction of sp³-hybridized carbons (Fsp3) is 0.364. The van der Waals surface area contributed by atoms with E-state index in [1.165, 1.54) is 21.9 Å². The van der Waals surface area contributed by atoms with Crippen LogP contribution in [0.5, 0.6) is 5.88 Å². The lowest BCUT2D eigenvalue weighted by Crippen LogP contribution is -2.46. The first-order valence-corrected chi connectivity index (χ1v) is 11.3. The summed E-state index contributed by atoms with van der Waals surface area (Å²) in [5.74, 6) is 0.00593. The number of benzene rings is 1. The van der Waals surface area contributed by atoms with Gasteiger partial charge in [0.25, 0.3) is 0 Å². The van der Waals surface area contributed by atoms with Crippen molar-refractivity contribution in [3.63, 3.8) is 0 Å². The Morgan fingerprint density at radius 1 is 1.09 bits per heavy atom. The van der Waals surface area contributed by atoms with Gasteiger partial charge in [0.1, 0.15) is 5.82 Å². The van der Waals surface area contributed by atoms with Gasteiger partial charge in [0.05, 0.1) is 30.4 Å². The molecule has 2 aliphatic rings. The van der Waals surface area contributed by atoms with Gasteiger partial charge < -0.3 is 19.0 Å². The Morgan fingerprint density at radius 2 is 1.88 bits per heavy atom. The number of piperidine rings is 1. The molecule has 3 aromatic heterocycles. The van der Waals surface area contributed by atoms with Crippen molar-refractivity contribution in [2.75, 3.05) is 26.3 Å². The Morgan fingerprint density at radius 3 is 2.56 bits per heavy atom. The molecule has 8 nitrogen and oxygen atoms in total. The molecule has 1 atom stereocenters. The second kappa shape index (κ2) is 7.66. The first-order valence-electron chi connectivity index (χ1n) is 10.5. The molecule has 0 amide bonds. The van der Waals surface area contributed by atoms with Gasteiger partial charge in [-0.15, -0.1) is 5.10 Å². The van der Waals surface area contributed by atoms with Crippen LogP contribution in [0, 0.1) is 5.82 Å².